The van der Waals surface area contributed by atoms with Crippen LogP contribution in [-0.4, -0.2) is 25.6 Å². The van der Waals surface area contributed by atoms with Gasteiger partial charge in [-0.1, -0.05) is 30.3 Å². The third-order valence-corrected chi connectivity index (χ3v) is 7.17. The van der Waals surface area contributed by atoms with Crippen molar-refractivity contribution in [3.8, 4) is 0 Å². The number of hydrogen-bond donors (Lipinski definition) is 1. The first kappa shape index (κ1) is 19.1. The van der Waals surface area contributed by atoms with Gasteiger partial charge in [-0.05, 0) is 47.7 Å². The fraction of sp³-hybridized carbons (Fsp3) is 0.280. The highest BCUT2D eigenvalue weighted by Gasteiger charge is 2.41. The summed E-state index contributed by atoms with van der Waals surface area (Å²) >= 11 is 1.74. The van der Waals surface area contributed by atoms with Gasteiger partial charge in [-0.25, -0.2) is 0 Å². The zero-order valence-electron chi connectivity index (χ0n) is 17.2. The Morgan fingerprint density at radius 3 is 2.53 bits per heavy atom. The number of fused-ring (bicyclic) bond motifs is 2. The lowest BCUT2D eigenvalue weighted by Crippen LogP contribution is -2.38. The van der Waals surface area contributed by atoms with Crippen molar-refractivity contribution in [1.29, 1.82) is 0 Å². The van der Waals surface area contributed by atoms with E-state index in [0.717, 1.165) is 34.8 Å². The van der Waals surface area contributed by atoms with Crippen LogP contribution in [0, 0.1) is 5.92 Å². The summed E-state index contributed by atoms with van der Waals surface area (Å²) in [6.45, 7) is 0. The zero-order valence-corrected chi connectivity index (χ0v) is 18.0. The molecule has 4 nitrogen and oxygen atoms in total. The monoisotopic (exact) mass is 415 g/mol. The summed E-state index contributed by atoms with van der Waals surface area (Å²) in [5.74, 6) is 0.272. The highest BCUT2D eigenvalue weighted by Crippen LogP contribution is 2.44. The average molecular weight is 416 g/mol. The normalized spacial score (nSPS) is 22.9. The van der Waals surface area contributed by atoms with Crippen LogP contribution in [0.4, 0.5) is 17.1 Å². The third kappa shape index (κ3) is 3.43. The Morgan fingerprint density at radius 1 is 1.00 bits per heavy atom. The molecule has 3 aromatic rings. The number of anilines is 2. The third-order valence-electron chi connectivity index (χ3n) is 6.14. The number of hydrogen-bond acceptors (Lipinski definition) is 5. The number of thiophene rings is 1. The molecule has 1 aliphatic heterocycles. The minimum Gasteiger partial charge on any atom is -0.378 e. The highest BCUT2D eigenvalue weighted by molar-refractivity contribution is 7.10. The van der Waals surface area contributed by atoms with Crippen molar-refractivity contribution in [3.63, 3.8) is 0 Å². The highest BCUT2D eigenvalue weighted by atomic mass is 32.1. The smallest absolute Gasteiger partial charge is 0.144 e. The maximum atomic E-state index is 13.5. The van der Waals surface area contributed by atoms with Crippen molar-refractivity contribution >= 4 is 39.9 Å². The zero-order chi connectivity index (χ0) is 20.7. The number of aliphatic imine (C=N–C) groups is 1. The number of carbonyl (C=O) groups excluding carboxylic acids is 1. The van der Waals surface area contributed by atoms with Crippen molar-refractivity contribution in [2.75, 3.05) is 24.3 Å². The maximum Gasteiger partial charge on any atom is 0.144 e. The van der Waals surface area contributed by atoms with Gasteiger partial charge in [0.25, 0.3) is 0 Å². The molecule has 2 aromatic carbocycles. The molecule has 0 bridgehead atoms. The molecule has 3 atom stereocenters. The lowest BCUT2D eigenvalue weighted by Gasteiger charge is -2.33. The number of benzene rings is 2. The SMILES string of the molecule is CN(C)c1ccc([C@@H]2Nc3ccccc3N=C3C[C@H](c4cccs4)CC(=O)[C@H]32)cc1. The Morgan fingerprint density at radius 2 is 1.80 bits per heavy atom. The summed E-state index contributed by atoms with van der Waals surface area (Å²) < 4.78 is 0. The van der Waals surface area contributed by atoms with Crippen molar-refractivity contribution in [3.05, 3.63) is 76.5 Å². The number of nitrogens with zero attached hydrogens (tertiary/aromatic N) is 2. The Kier molecular flexibility index (Phi) is 4.91. The number of rotatable bonds is 3. The minimum atomic E-state index is -0.237. The number of Topliss-reactive ketones (excluding diaryl/α,β-unsaturated/α-hetero) is 1. The van der Waals surface area contributed by atoms with Crippen LogP contribution in [0.5, 0.6) is 0 Å². The molecule has 1 aromatic heterocycles. The summed E-state index contributed by atoms with van der Waals surface area (Å²) in [5.41, 5.74) is 5.18. The molecule has 1 aliphatic carbocycles. The van der Waals surface area contributed by atoms with Crippen LogP contribution in [0.15, 0.2) is 71.0 Å². The maximum absolute atomic E-state index is 13.5. The van der Waals surface area contributed by atoms with Gasteiger partial charge in [0.1, 0.15) is 5.78 Å². The van der Waals surface area contributed by atoms with Gasteiger partial charge in [-0.15, -0.1) is 11.3 Å². The molecule has 0 spiro atoms. The number of nitrogens with one attached hydrogen (secondary N) is 1. The summed E-state index contributed by atoms with van der Waals surface area (Å²) in [4.78, 5) is 21.9. The van der Waals surface area contributed by atoms with E-state index in [9.17, 15) is 4.79 Å². The fourth-order valence-electron chi connectivity index (χ4n) is 4.58. The van der Waals surface area contributed by atoms with Crippen molar-refractivity contribution in [2.24, 2.45) is 10.9 Å². The van der Waals surface area contributed by atoms with Crippen LogP contribution < -0.4 is 10.2 Å². The fourth-order valence-corrected chi connectivity index (χ4v) is 5.41. The standard InChI is InChI=1S/C25H25N3OS/c1-28(2)18-11-9-16(10-12-18)25-24-21(26-19-6-3-4-7-20(19)27-25)14-17(15-22(24)29)23-8-5-13-30-23/h3-13,17,24-25,27H,14-15H2,1-2H3/t17-,24-,25-/m0/s1. The molecule has 30 heavy (non-hydrogen) atoms. The van der Waals surface area contributed by atoms with E-state index in [4.69, 9.17) is 4.99 Å². The van der Waals surface area contributed by atoms with Gasteiger partial charge < -0.3 is 10.2 Å². The van der Waals surface area contributed by atoms with Gasteiger partial charge in [0.15, 0.2) is 0 Å². The molecular weight excluding hydrogens is 390 g/mol. The Balaban J connectivity index is 1.57. The van der Waals surface area contributed by atoms with Crippen LogP contribution in [0.1, 0.15) is 35.2 Å². The average Bonchev–Trinajstić information content (AvgIpc) is 3.23. The van der Waals surface area contributed by atoms with Gasteiger partial charge in [0.2, 0.25) is 0 Å². The second-order valence-electron chi connectivity index (χ2n) is 8.29. The molecule has 1 N–H and O–H groups in total. The van der Waals surface area contributed by atoms with Crippen molar-refractivity contribution in [1.82, 2.24) is 0 Å². The van der Waals surface area contributed by atoms with Crippen molar-refractivity contribution in [2.45, 2.75) is 24.8 Å². The van der Waals surface area contributed by atoms with Gasteiger partial charge in [-0.2, -0.15) is 0 Å². The Bertz CT molecular complexity index is 1090. The molecule has 0 saturated heterocycles. The number of para-hydroxylation sites is 2. The topological polar surface area (TPSA) is 44.7 Å². The summed E-state index contributed by atoms with van der Waals surface area (Å²) in [5, 5.41) is 5.75. The molecule has 2 aliphatic rings. The van der Waals surface area contributed by atoms with E-state index in [1.807, 2.05) is 32.3 Å². The molecule has 1 saturated carbocycles. The van der Waals surface area contributed by atoms with Crippen LogP contribution in [0.25, 0.3) is 0 Å². The van der Waals surface area contributed by atoms with Gasteiger partial charge in [0.05, 0.1) is 23.3 Å². The van der Waals surface area contributed by atoms with Crippen molar-refractivity contribution < 1.29 is 4.79 Å². The van der Waals surface area contributed by atoms with E-state index in [-0.39, 0.29) is 23.7 Å². The Hall–Kier alpha value is -2.92. The lowest BCUT2D eigenvalue weighted by atomic mass is 9.74. The molecule has 2 heterocycles. The molecule has 0 unspecified atom stereocenters. The second kappa shape index (κ2) is 7.73. The molecule has 5 heteroatoms. The van der Waals surface area contributed by atoms with E-state index < -0.39 is 0 Å². The van der Waals surface area contributed by atoms with E-state index in [2.05, 4.69) is 58.1 Å². The van der Waals surface area contributed by atoms with Gasteiger partial charge in [-0.3, -0.25) is 9.79 Å². The first-order valence-electron chi connectivity index (χ1n) is 10.4. The second-order valence-corrected chi connectivity index (χ2v) is 9.27. The quantitative estimate of drug-likeness (QED) is 0.586. The molecule has 5 rings (SSSR count). The summed E-state index contributed by atoms with van der Waals surface area (Å²) in [7, 11) is 4.07. The number of carbonyl (C=O) groups is 1. The van der Waals surface area contributed by atoms with Crippen LogP contribution in [-0.2, 0) is 4.79 Å². The van der Waals surface area contributed by atoms with Gasteiger partial charge >= 0.3 is 0 Å². The first-order valence-corrected chi connectivity index (χ1v) is 11.2. The molecule has 1 fully saturated rings. The molecule has 152 valence electrons. The van der Waals surface area contributed by atoms with E-state index >= 15 is 0 Å². The lowest BCUT2D eigenvalue weighted by molar-refractivity contribution is -0.122. The minimum absolute atomic E-state index is 0.111. The molecule has 0 amide bonds. The molecular formula is C25H25N3OS. The van der Waals surface area contributed by atoms with Gasteiger partial charge in [0, 0.05) is 42.7 Å². The first-order chi connectivity index (χ1) is 14.6. The van der Waals surface area contributed by atoms with Crippen LogP contribution >= 0.6 is 11.3 Å². The Labute approximate surface area is 181 Å². The van der Waals surface area contributed by atoms with Crippen LogP contribution in [0.3, 0.4) is 0 Å². The molecule has 0 radical (unpaired) electrons. The summed E-state index contributed by atoms with van der Waals surface area (Å²) in [6, 6.07) is 20.7. The predicted octanol–water partition coefficient (Wildman–Crippen LogP) is 5.82. The largest absolute Gasteiger partial charge is 0.378 e. The predicted molar refractivity (Wildman–Crippen MR) is 125 cm³/mol. The van der Waals surface area contributed by atoms with E-state index in [1.54, 1.807) is 11.3 Å². The van der Waals surface area contributed by atoms with E-state index in [0.29, 0.717) is 6.42 Å². The van der Waals surface area contributed by atoms with E-state index in [1.165, 1.54) is 4.88 Å². The number of ketones is 1. The summed E-state index contributed by atoms with van der Waals surface area (Å²) in [6.07, 6.45) is 1.41. The van der Waals surface area contributed by atoms with Crippen LogP contribution in [0.2, 0.25) is 0 Å².